The first-order valence-corrected chi connectivity index (χ1v) is 10.7. The number of ether oxygens (including phenoxy) is 1. The number of hydrogen-bond acceptors (Lipinski definition) is 5. The highest BCUT2D eigenvalue weighted by Gasteiger charge is 2.41. The molecular weight excluding hydrogens is 397 g/mol. The van der Waals surface area contributed by atoms with Crippen LogP contribution in [0.25, 0.3) is 0 Å². The maximum atomic E-state index is 14.0. The van der Waals surface area contributed by atoms with E-state index in [1.54, 1.807) is 13.0 Å². The van der Waals surface area contributed by atoms with Crippen LogP contribution < -0.4 is 0 Å². The second-order valence-corrected chi connectivity index (χ2v) is 8.91. The van der Waals surface area contributed by atoms with Gasteiger partial charge in [0.15, 0.2) is 6.61 Å². The molecule has 0 N–H and O–H groups in total. The molecule has 8 heteroatoms. The number of sulfonamides is 1. The molecule has 2 aromatic carbocycles. The Bertz CT molecular complexity index is 1050. The van der Waals surface area contributed by atoms with Gasteiger partial charge in [-0.1, -0.05) is 29.8 Å². The fraction of sp³-hybridized carbons (Fsp3) is 0.333. The van der Waals surface area contributed by atoms with Crippen molar-refractivity contribution >= 4 is 21.8 Å². The monoisotopic (exact) mass is 419 g/mol. The number of ketones is 1. The lowest BCUT2D eigenvalue weighted by atomic mass is 10.0. The molecule has 6 nitrogen and oxygen atoms in total. The van der Waals surface area contributed by atoms with Crippen molar-refractivity contribution in [1.82, 2.24) is 4.31 Å². The first-order chi connectivity index (χ1) is 13.7. The Kier molecular flexibility index (Phi) is 6.14. The SMILES string of the molecule is Cc1ccc(C)c(C(=O)COC(=O)[C@@H]2CCCN2S(=O)(=O)c2ccccc2F)c1. The van der Waals surface area contributed by atoms with Gasteiger partial charge in [0.1, 0.15) is 16.8 Å². The van der Waals surface area contributed by atoms with E-state index >= 15 is 0 Å². The molecule has 3 rings (SSSR count). The molecule has 29 heavy (non-hydrogen) atoms. The van der Waals surface area contributed by atoms with E-state index in [9.17, 15) is 22.4 Å². The lowest BCUT2D eigenvalue weighted by Crippen LogP contribution is -2.42. The molecule has 0 spiro atoms. The molecule has 0 saturated carbocycles. The molecule has 0 aromatic heterocycles. The number of hydrogen-bond donors (Lipinski definition) is 0. The number of Topliss-reactive ketones (excluding diaryl/α,β-unsaturated/α-hetero) is 1. The predicted octanol–water partition coefficient (Wildman–Crippen LogP) is 3.02. The second kappa shape index (κ2) is 8.42. The van der Waals surface area contributed by atoms with E-state index in [1.165, 1.54) is 12.1 Å². The Morgan fingerprint density at radius 2 is 1.90 bits per heavy atom. The number of carbonyl (C=O) groups excluding carboxylic acids is 2. The molecule has 0 aliphatic carbocycles. The topological polar surface area (TPSA) is 80.8 Å². The quantitative estimate of drug-likeness (QED) is 0.531. The van der Waals surface area contributed by atoms with Gasteiger partial charge in [0, 0.05) is 12.1 Å². The van der Waals surface area contributed by atoms with Crippen LogP contribution in [0.4, 0.5) is 4.39 Å². The smallest absolute Gasteiger partial charge is 0.324 e. The summed E-state index contributed by atoms with van der Waals surface area (Å²) < 4.78 is 45.8. The minimum absolute atomic E-state index is 0.0847. The lowest BCUT2D eigenvalue weighted by Gasteiger charge is -2.23. The first-order valence-electron chi connectivity index (χ1n) is 9.25. The summed E-state index contributed by atoms with van der Waals surface area (Å²) in [6.45, 7) is 3.25. The zero-order valence-corrected chi connectivity index (χ0v) is 17.0. The molecule has 2 aromatic rings. The van der Waals surface area contributed by atoms with Crippen LogP contribution in [0.5, 0.6) is 0 Å². The van der Waals surface area contributed by atoms with Crippen LogP contribution in [-0.2, 0) is 19.6 Å². The minimum Gasteiger partial charge on any atom is -0.456 e. The van der Waals surface area contributed by atoms with Crippen LogP contribution in [0.3, 0.4) is 0 Å². The summed E-state index contributed by atoms with van der Waals surface area (Å²) in [7, 11) is -4.19. The molecular formula is C21H22FNO5S. The fourth-order valence-electron chi connectivity index (χ4n) is 3.39. The van der Waals surface area contributed by atoms with E-state index in [2.05, 4.69) is 0 Å². The van der Waals surface area contributed by atoms with Gasteiger partial charge >= 0.3 is 5.97 Å². The van der Waals surface area contributed by atoms with Gasteiger partial charge in [-0.15, -0.1) is 0 Å². The van der Waals surface area contributed by atoms with Crippen molar-refractivity contribution in [3.05, 3.63) is 65.0 Å². The summed E-state index contributed by atoms with van der Waals surface area (Å²) in [5, 5.41) is 0. The van der Waals surface area contributed by atoms with Crippen molar-refractivity contribution in [2.45, 2.75) is 37.6 Å². The standard InChI is InChI=1S/C21H22FNO5S/c1-14-9-10-15(2)16(12-14)19(24)13-28-21(25)18-7-5-11-23(18)29(26,27)20-8-4-3-6-17(20)22/h3-4,6,8-10,12,18H,5,7,11,13H2,1-2H3/t18-/m0/s1. The highest BCUT2D eigenvalue weighted by Crippen LogP contribution is 2.28. The van der Waals surface area contributed by atoms with Crippen LogP contribution in [0.2, 0.25) is 0 Å². The average molecular weight is 419 g/mol. The maximum Gasteiger partial charge on any atom is 0.324 e. The molecule has 1 fully saturated rings. The number of halogens is 1. The zero-order valence-electron chi connectivity index (χ0n) is 16.2. The minimum atomic E-state index is -4.19. The van der Waals surface area contributed by atoms with Gasteiger partial charge in [-0.25, -0.2) is 12.8 Å². The summed E-state index contributed by atoms with van der Waals surface area (Å²) in [6.07, 6.45) is 0.697. The van der Waals surface area contributed by atoms with Crippen molar-refractivity contribution in [3.63, 3.8) is 0 Å². The van der Waals surface area contributed by atoms with Gasteiger partial charge in [0.2, 0.25) is 15.8 Å². The Labute approximate surface area is 169 Å². The molecule has 1 aliphatic heterocycles. The number of aryl methyl sites for hydroxylation is 2. The van der Waals surface area contributed by atoms with Crippen molar-refractivity contribution in [3.8, 4) is 0 Å². The van der Waals surface area contributed by atoms with E-state index in [-0.39, 0.29) is 18.7 Å². The Morgan fingerprint density at radius 1 is 1.17 bits per heavy atom. The molecule has 0 unspecified atom stereocenters. The predicted molar refractivity (Wildman–Crippen MR) is 105 cm³/mol. The second-order valence-electron chi connectivity index (χ2n) is 7.05. The van der Waals surface area contributed by atoms with Crippen LogP contribution in [-0.4, -0.2) is 43.7 Å². The third kappa shape index (κ3) is 4.38. The van der Waals surface area contributed by atoms with E-state index in [0.29, 0.717) is 12.0 Å². The van der Waals surface area contributed by atoms with Crippen molar-refractivity contribution < 1.29 is 27.1 Å². The van der Waals surface area contributed by atoms with Gasteiger partial charge in [0.05, 0.1) is 0 Å². The first kappa shape index (κ1) is 21.1. The summed E-state index contributed by atoms with van der Waals surface area (Å²) in [6, 6.07) is 9.35. The molecule has 1 saturated heterocycles. The molecule has 0 radical (unpaired) electrons. The van der Waals surface area contributed by atoms with Crippen LogP contribution in [0.1, 0.15) is 34.3 Å². The Morgan fingerprint density at radius 3 is 2.62 bits per heavy atom. The normalized spacial score (nSPS) is 17.3. The Hall–Kier alpha value is -2.58. The fourth-order valence-corrected chi connectivity index (χ4v) is 5.10. The highest BCUT2D eigenvalue weighted by atomic mass is 32.2. The average Bonchev–Trinajstić information content (AvgIpc) is 3.19. The van der Waals surface area contributed by atoms with Crippen LogP contribution >= 0.6 is 0 Å². The third-order valence-electron chi connectivity index (χ3n) is 4.94. The van der Waals surface area contributed by atoms with E-state index in [4.69, 9.17) is 4.74 Å². The van der Waals surface area contributed by atoms with Gasteiger partial charge in [-0.3, -0.25) is 9.59 Å². The number of esters is 1. The van der Waals surface area contributed by atoms with Crippen molar-refractivity contribution in [1.29, 1.82) is 0 Å². The van der Waals surface area contributed by atoms with Gasteiger partial charge in [-0.05, 0) is 50.5 Å². The van der Waals surface area contributed by atoms with Crippen LogP contribution in [0, 0.1) is 19.7 Å². The summed E-state index contributed by atoms with van der Waals surface area (Å²) >= 11 is 0. The van der Waals surface area contributed by atoms with Crippen molar-refractivity contribution in [2.24, 2.45) is 0 Å². The molecule has 1 heterocycles. The van der Waals surface area contributed by atoms with Crippen molar-refractivity contribution in [2.75, 3.05) is 13.2 Å². The Balaban J connectivity index is 1.73. The lowest BCUT2D eigenvalue weighted by molar-refractivity contribution is -0.146. The molecule has 0 amide bonds. The van der Waals surface area contributed by atoms with Gasteiger partial charge < -0.3 is 4.74 Å². The van der Waals surface area contributed by atoms with Gasteiger partial charge in [-0.2, -0.15) is 4.31 Å². The zero-order chi connectivity index (χ0) is 21.2. The third-order valence-corrected chi connectivity index (χ3v) is 6.88. The largest absolute Gasteiger partial charge is 0.456 e. The van der Waals surface area contributed by atoms with E-state index in [0.717, 1.165) is 27.6 Å². The number of rotatable bonds is 6. The summed E-state index contributed by atoms with van der Waals surface area (Å²) in [4.78, 5) is 24.5. The molecule has 154 valence electrons. The van der Waals surface area contributed by atoms with Gasteiger partial charge in [0.25, 0.3) is 0 Å². The van der Waals surface area contributed by atoms with E-state index in [1.807, 2.05) is 19.1 Å². The summed E-state index contributed by atoms with van der Waals surface area (Å²) in [5.74, 6) is -2.04. The number of nitrogens with zero attached hydrogens (tertiary/aromatic N) is 1. The number of benzene rings is 2. The highest BCUT2D eigenvalue weighted by molar-refractivity contribution is 7.89. The molecule has 1 aliphatic rings. The van der Waals surface area contributed by atoms with Crippen LogP contribution in [0.15, 0.2) is 47.4 Å². The molecule has 1 atom stereocenters. The molecule has 0 bridgehead atoms. The summed E-state index contributed by atoms with van der Waals surface area (Å²) in [5.41, 5.74) is 2.13. The van der Waals surface area contributed by atoms with E-state index < -0.39 is 39.4 Å². The number of carbonyl (C=O) groups is 2. The maximum absolute atomic E-state index is 14.0.